The van der Waals surface area contributed by atoms with Gasteiger partial charge in [-0.25, -0.2) is 4.79 Å². The Labute approximate surface area is 88.4 Å². The van der Waals surface area contributed by atoms with Crippen LogP contribution in [0.25, 0.3) is 0 Å². The number of nitrogens with one attached hydrogen (secondary N) is 2. The third kappa shape index (κ3) is 3.18. The Morgan fingerprint density at radius 1 is 1.57 bits per heavy atom. The van der Waals surface area contributed by atoms with E-state index in [9.17, 15) is 9.59 Å². The Kier molecular flexibility index (Phi) is 3.75. The fourth-order valence-electron chi connectivity index (χ4n) is 1.29. The molecular weight excluding hydrogens is 204 g/mol. The molecule has 80 valence electrons. The lowest BCUT2D eigenvalue weighted by atomic mass is 10.3. The molecule has 3 unspecified atom stereocenters. The zero-order chi connectivity index (χ0) is 10.7. The van der Waals surface area contributed by atoms with Gasteiger partial charge in [-0.1, -0.05) is 13.3 Å². The van der Waals surface area contributed by atoms with Crippen molar-refractivity contribution in [2.45, 2.75) is 38.1 Å². The molecule has 0 bridgehead atoms. The minimum absolute atomic E-state index is 0.235. The molecule has 1 saturated carbocycles. The van der Waals surface area contributed by atoms with E-state index in [1.54, 1.807) is 0 Å². The molecule has 5 heteroatoms. The van der Waals surface area contributed by atoms with Gasteiger partial charge in [-0.05, 0) is 19.3 Å². The van der Waals surface area contributed by atoms with E-state index in [1.807, 2.05) is 0 Å². The normalized spacial score (nSPS) is 26.5. The van der Waals surface area contributed by atoms with Crippen molar-refractivity contribution in [1.29, 1.82) is 0 Å². The quantitative estimate of drug-likeness (QED) is 0.701. The number of alkyl halides is 1. The molecule has 0 spiro atoms. The summed E-state index contributed by atoms with van der Waals surface area (Å²) < 4.78 is 0. The maximum Gasteiger partial charge on any atom is 0.321 e. The van der Waals surface area contributed by atoms with Crippen LogP contribution in [-0.2, 0) is 4.79 Å². The van der Waals surface area contributed by atoms with Crippen LogP contribution >= 0.6 is 11.6 Å². The Hall–Kier alpha value is -0.770. The summed E-state index contributed by atoms with van der Waals surface area (Å²) in [6.07, 6.45) is 2.07. The van der Waals surface area contributed by atoms with E-state index >= 15 is 0 Å². The zero-order valence-electron chi connectivity index (χ0n) is 8.34. The van der Waals surface area contributed by atoms with Crippen LogP contribution < -0.4 is 10.6 Å². The van der Waals surface area contributed by atoms with Crippen molar-refractivity contribution in [3.8, 4) is 0 Å². The molecule has 0 radical (unpaired) electrons. The molecule has 1 aliphatic carbocycles. The standard InChI is InChI=1S/C9H15ClN2O2/c1-3-6-4-7(6)11-9(14)12-8(13)5(2)10/h5-7H,3-4H2,1-2H3,(H2,11,12,13,14). The average molecular weight is 219 g/mol. The molecule has 3 amide bonds. The van der Waals surface area contributed by atoms with Crippen molar-refractivity contribution in [3.05, 3.63) is 0 Å². The van der Waals surface area contributed by atoms with Crippen LogP contribution in [-0.4, -0.2) is 23.4 Å². The molecule has 0 aliphatic heterocycles. The zero-order valence-corrected chi connectivity index (χ0v) is 9.10. The number of hydrogen-bond acceptors (Lipinski definition) is 2. The molecular formula is C9H15ClN2O2. The number of amides is 3. The lowest BCUT2D eigenvalue weighted by molar-refractivity contribution is -0.119. The van der Waals surface area contributed by atoms with Crippen molar-refractivity contribution in [3.63, 3.8) is 0 Å². The lowest BCUT2D eigenvalue weighted by Gasteiger charge is -2.06. The van der Waals surface area contributed by atoms with Crippen molar-refractivity contribution in [2.75, 3.05) is 0 Å². The second kappa shape index (κ2) is 4.64. The van der Waals surface area contributed by atoms with Gasteiger partial charge in [0.2, 0.25) is 5.91 Å². The van der Waals surface area contributed by atoms with Crippen LogP contribution in [0.15, 0.2) is 0 Å². The molecule has 1 aliphatic rings. The monoisotopic (exact) mass is 218 g/mol. The number of rotatable bonds is 3. The van der Waals surface area contributed by atoms with Crippen molar-refractivity contribution in [2.24, 2.45) is 5.92 Å². The number of hydrogen-bond donors (Lipinski definition) is 2. The largest absolute Gasteiger partial charge is 0.335 e. The summed E-state index contributed by atoms with van der Waals surface area (Å²) in [6.45, 7) is 3.60. The van der Waals surface area contributed by atoms with Gasteiger partial charge < -0.3 is 5.32 Å². The van der Waals surface area contributed by atoms with E-state index in [0.717, 1.165) is 12.8 Å². The number of halogens is 1. The number of carbonyl (C=O) groups is 2. The fraction of sp³-hybridized carbons (Fsp3) is 0.778. The van der Waals surface area contributed by atoms with Crippen LogP contribution in [0.5, 0.6) is 0 Å². The van der Waals surface area contributed by atoms with Crippen LogP contribution in [0.4, 0.5) is 4.79 Å². The van der Waals surface area contributed by atoms with Gasteiger partial charge in [0.25, 0.3) is 0 Å². The predicted molar refractivity (Wildman–Crippen MR) is 54.2 cm³/mol. The second-order valence-corrected chi connectivity index (χ2v) is 4.24. The van der Waals surface area contributed by atoms with E-state index in [2.05, 4.69) is 17.6 Å². The van der Waals surface area contributed by atoms with Crippen LogP contribution in [0.1, 0.15) is 26.7 Å². The van der Waals surface area contributed by atoms with E-state index in [1.165, 1.54) is 6.92 Å². The fourth-order valence-corrected chi connectivity index (χ4v) is 1.35. The number of urea groups is 1. The third-order valence-electron chi connectivity index (χ3n) is 2.36. The summed E-state index contributed by atoms with van der Waals surface area (Å²) in [6, 6.07) is -0.207. The van der Waals surface area contributed by atoms with Gasteiger partial charge in [0.1, 0.15) is 5.38 Å². The molecule has 4 nitrogen and oxygen atoms in total. The first-order valence-electron chi connectivity index (χ1n) is 4.80. The molecule has 0 heterocycles. The summed E-state index contributed by atoms with van der Waals surface area (Å²) in [7, 11) is 0. The minimum Gasteiger partial charge on any atom is -0.335 e. The molecule has 3 atom stereocenters. The summed E-state index contributed by atoms with van der Waals surface area (Å²) in [5.41, 5.74) is 0. The molecule has 1 fully saturated rings. The Morgan fingerprint density at radius 2 is 2.21 bits per heavy atom. The van der Waals surface area contributed by atoms with Gasteiger partial charge in [-0.3, -0.25) is 10.1 Å². The van der Waals surface area contributed by atoms with E-state index in [0.29, 0.717) is 5.92 Å². The average Bonchev–Trinajstić information content (AvgIpc) is 2.82. The molecule has 0 aromatic rings. The summed E-state index contributed by atoms with van der Waals surface area (Å²) in [5.74, 6) is 0.113. The van der Waals surface area contributed by atoms with E-state index in [4.69, 9.17) is 11.6 Å². The van der Waals surface area contributed by atoms with Crippen molar-refractivity contribution >= 4 is 23.5 Å². The van der Waals surface area contributed by atoms with Gasteiger partial charge in [0.15, 0.2) is 0 Å². The van der Waals surface area contributed by atoms with Gasteiger partial charge in [0.05, 0.1) is 0 Å². The third-order valence-corrected chi connectivity index (χ3v) is 2.56. The smallest absolute Gasteiger partial charge is 0.321 e. The van der Waals surface area contributed by atoms with Crippen molar-refractivity contribution < 1.29 is 9.59 Å². The highest BCUT2D eigenvalue weighted by Gasteiger charge is 2.36. The highest BCUT2D eigenvalue weighted by Crippen LogP contribution is 2.32. The Bertz CT molecular complexity index is 243. The molecule has 2 N–H and O–H groups in total. The molecule has 14 heavy (non-hydrogen) atoms. The second-order valence-electron chi connectivity index (χ2n) is 3.59. The van der Waals surface area contributed by atoms with E-state index < -0.39 is 17.3 Å². The summed E-state index contributed by atoms with van der Waals surface area (Å²) >= 11 is 5.49. The first kappa shape index (κ1) is 11.3. The van der Waals surface area contributed by atoms with Gasteiger partial charge in [-0.15, -0.1) is 11.6 Å². The summed E-state index contributed by atoms with van der Waals surface area (Å²) in [4.78, 5) is 22.2. The predicted octanol–water partition coefficient (Wildman–Crippen LogP) is 1.24. The van der Waals surface area contributed by atoms with E-state index in [-0.39, 0.29) is 6.04 Å². The first-order chi connectivity index (χ1) is 6.54. The Morgan fingerprint density at radius 3 is 2.64 bits per heavy atom. The SMILES string of the molecule is CCC1CC1NC(=O)NC(=O)C(C)Cl. The first-order valence-corrected chi connectivity index (χ1v) is 5.23. The highest BCUT2D eigenvalue weighted by atomic mass is 35.5. The lowest BCUT2D eigenvalue weighted by Crippen LogP contribution is -2.43. The van der Waals surface area contributed by atoms with Gasteiger partial charge in [-0.2, -0.15) is 0 Å². The molecule has 0 aromatic heterocycles. The summed E-state index contributed by atoms with van der Waals surface area (Å²) in [5, 5.41) is 4.21. The Balaban J connectivity index is 2.20. The molecule has 1 rings (SSSR count). The highest BCUT2D eigenvalue weighted by molar-refractivity contribution is 6.31. The van der Waals surface area contributed by atoms with Crippen LogP contribution in [0, 0.1) is 5.92 Å². The maximum atomic E-state index is 11.2. The maximum absolute atomic E-state index is 11.2. The number of carbonyl (C=O) groups excluding carboxylic acids is 2. The van der Waals surface area contributed by atoms with Crippen molar-refractivity contribution in [1.82, 2.24) is 10.6 Å². The number of imide groups is 1. The molecule has 0 aromatic carbocycles. The van der Waals surface area contributed by atoms with Gasteiger partial charge in [0, 0.05) is 6.04 Å². The van der Waals surface area contributed by atoms with Gasteiger partial charge >= 0.3 is 6.03 Å². The topological polar surface area (TPSA) is 58.2 Å². The van der Waals surface area contributed by atoms with Crippen LogP contribution in [0.2, 0.25) is 0 Å². The molecule has 0 saturated heterocycles. The minimum atomic E-state index is -0.679. The van der Waals surface area contributed by atoms with Crippen LogP contribution in [0.3, 0.4) is 0 Å².